The predicted molar refractivity (Wildman–Crippen MR) is 74.3 cm³/mol. The summed E-state index contributed by atoms with van der Waals surface area (Å²) in [4.78, 5) is 9.11. The van der Waals surface area contributed by atoms with Gasteiger partial charge in [0.05, 0.1) is 0 Å². The normalized spacial score (nSPS) is 13.4. The lowest BCUT2D eigenvalue weighted by molar-refractivity contribution is 0.471. The predicted octanol–water partition coefficient (Wildman–Crippen LogP) is 2.37. The molecule has 0 saturated carbocycles. The van der Waals surface area contributed by atoms with Crippen molar-refractivity contribution >= 4 is 11.2 Å². The number of aryl methyl sites for hydroxylation is 1. The molecule has 18 heavy (non-hydrogen) atoms. The van der Waals surface area contributed by atoms with Gasteiger partial charge >= 0.3 is 0 Å². The van der Waals surface area contributed by atoms with E-state index in [0.717, 1.165) is 36.4 Å². The summed E-state index contributed by atoms with van der Waals surface area (Å²) < 4.78 is 2.21. The van der Waals surface area contributed by atoms with Crippen LogP contribution in [0.15, 0.2) is 18.3 Å². The van der Waals surface area contributed by atoms with E-state index in [1.165, 1.54) is 0 Å². The Bertz CT molecular complexity index is 515. The van der Waals surface area contributed by atoms with Crippen molar-refractivity contribution in [1.29, 1.82) is 0 Å². The number of rotatable bonds is 5. The molecular weight excluding hydrogens is 224 g/mol. The summed E-state index contributed by atoms with van der Waals surface area (Å²) in [5.74, 6) is 1.53. The van der Waals surface area contributed by atoms with Crippen molar-refractivity contribution < 1.29 is 0 Å². The Morgan fingerprint density at radius 3 is 2.83 bits per heavy atom. The van der Waals surface area contributed by atoms with Gasteiger partial charge in [-0.3, -0.25) is 0 Å². The molecule has 0 aromatic carbocycles. The molecule has 0 fully saturated rings. The fourth-order valence-electron chi connectivity index (χ4n) is 2.07. The van der Waals surface area contributed by atoms with Crippen molar-refractivity contribution in [3.8, 4) is 0 Å². The van der Waals surface area contributed by atoms with E-state index < -0.39 is 0 Å². The number of nitrogens with zero attached hydrogens (tertiary/aromatic N) is 3. The maximum absolute atomic E-state index is 6.16. The topological polar surface area (TPSA) is 56.7 Å². The summed E-state index contributed by atoms with van der Waals surface area (Å²) in [5.41, 5.74) is 8.11. The molecule has 2 N–H and O–H groups in total. The van der Waals surface area contributed by atoms with Crippen LogP contribution in [0.25, 0.3) is 11.2 Å². The van der Waals surface area contributed by atoms with Crippen molar-refractivity contribution in [2.24, 2.45) is 11.7 Å². The summed E-state index contributed by atoms with van der Waals surface area (Å²) in [7, 11) is 0. The lowest BCUT2D eigenvalue weighted by atomic mass is 10.0. The van der Waals surface area contributed by atoms with E-state index in [0.29, 0.717) is 5.92 Å². The Hall–Kier alpha value is -1.42. The van der Waals surface area contributed by atoms with Crippen LogP contribution >= 0.6 is 0 Å². The van der Waals surface area contributed by atoms with Gasteiger partial charge in [0.2, 0.25) is 0 Å². The summed E-state index contributed by atoms with van der Waals surface area (Å²) in [6.07, 6.45) is 3.71. The summed E-state index contributed by atoms with van der Waals surface area (Å²) >= 11 is 0. The highest BCUT2D eigenvalue weighted by atomic mass is 15.1. The van der Waals surface area contributed by atoms with E-state index in [4.69, 9.17) is 5.73 Å². The van der Waals surface area contributed by atoms with Gasteiger partial charge in [-0.05, 0) is 24.5 Å². The number of pyridine rings is 1. The maximum atomic E-state index is 6.16. The summed E-state index contributed by atoms with van der Waals surface area (Å²) in [6.45, 7) is 7.42. The molecule has 0 aliphatic carbocycles. The Balaban J connectivity index is 2.39. The second-order valence-electron chi connectivity index (χ2n) is 5.14. The van der Waals surface area contributed by atoms with Crippen LogP contribution in [0.4, 0.5) is 0 Å². The van der Waals surface area contributed by atoms with E-state index in [9.17, 15) is 0 Å². The largest absolute Gasteiger partial charge is 0.327 e. The molecule has 2 rings (SSSR count). The van der Waals surface area contributed by atoms with Gasteiger partial charge in [-0.15, -0.1) is 0 Å². The van der Waals surface area contributed by atoms with Gasteiger partial charge in [0.1, 0.15) is 11.3 Å². The van der Waals surface area contributed by atoms with Crippen LogP contribution in [0.1, 0.15) is 33.0 Å². The Morgan fingerprint density at radius 1 is 1.39 bits per heavy atom. The highest BCUT2D eigenvalue weighted by Gasteiger charge is 2.15. The van der Waals surface area contributed by atoms with Crippen LogP contribution in [0, 0.1) is 5.92 Å². The molecule has 1 atom stereocenters. The minimum atomic E-state index is 0.150. The van der Waals surface area contributed by atoms with Crippen LogP contribution in [0.3, 0.4) is 0 Å². The molecule has 0 radical (unpaired) electrons. The number of aromatic nitrogens is 3. The molecule has 0 aliphatic rings. The van der Waals surface area contributed by atoms with E-state index >= 15 is 0 Å². The highest BCUT2D eigenvalue weighted by molar-refractivity contribution is 5.71. The molecule has 2 aromatic rings. The first-order chi connectivity index (χ1) is 8.63. The van der Waals surface area contributed by atoms with Crippen molar-refractivity contribution in [2.45, 2.75) is 46.2 Å². The van der Waals surface area contributed by atoms with Gasteiger partial charge in [0.15, 0.2) is 5.65 Å². The first-order valence-corrected chi connectivity index (χ1v) is 6.69. The quantitative estimate of drug-likeness (QED) is 0.881. The third-order valence-corrected chi connectivity index (χ3v) is 3.30. The minimum Gasteiger partial charge on any atom is -0.327 e. The van der Waals surface area contributed by atoms with Gasteiger partial charge in [-0.25, -0.2) is 9.97 Å². The molecule has 4 heteroatoms. The van der Waals surface area contributed by atoms with Gasteiger partial charge in [-0.2, -0.15) is 0 Å². The number of hydrogen-bond donors (Lipinski definition) is 1. The first kappa shape index (κ1) is 13.0. The molecule has 0 bridgehead atoms. The molecule has 4 nitrogen and oxygen atoms in total. The third-order valence-electron chi connectivity index (χ3n) is 3.30. The molecule has 98 valence electrons. The Kier molecular flexibility index (Phi) is 3.97. The van der Waals surface area contributed by atoms with Crippen molar-refractivity contribution in [3.05, 3.63) is 24.2 Å². The first-order valence-electron chi connectivity index (χ1n) is 6.69. The average Bonchev–Trinajstić information content (AvgIpc) is 2.68. The van der Waals surface area contributed by atoms with Gasteiger partial charge in [0, 0.05) is 25.2 Å². The summed E-state index contributed by atoms with van der Waals surface area (Å²) in [5, 5.41) is 0. The second-order valence-corrected chi connectivity index (χ2v) is 5.14. The lowest BCUT2D eigenvalue weighted by Crippen LogP contribution is -2.30. The van der Waals surface area contributed by atoms with E-state index in [1.807, 2.05) is 18.3 Å². The van der Waals surface area contributed by atoms with Crippen LogP contribution in [0.5, 0.6) is 0 Å². The van der Waals surface area contributed by atoms with Crippen LogP contribution in [-0.4, -0.2) is 20.6 Å². The van der Waals surface area contributed by atoms with Crippen molar-refractivity contribution in [1.82, 2.24) is 14.5 Å². The van der Waals surface area contributed by atoms with E-state index in [-0.39, 0.29) is 6.04 Å². The van der Waals surface area contributed by atoms with Crippen molar-refractivity contribution in [3.63, 3.8) is 0 Å². The number of hydrogen-bond acceptors (Lipinski definition) is 3. The molecule has 0 saturated heterocycles. The third kappa shape index (κ3) is 2.53. The Labute approximate surface area is 108 Å². The smallest absolute Gasteiger partial charge is 0.159 e. The van der Waals surface area contributed by atoms with Gasteiger partial charge < -0.3 is 10.3 Å². The number of nitrogens with two attached hydrogens (primary N) is 1. The van der Waals surface area contributed by atoms with Gasteiger partial charge in [0.25, 0.3) is 0 Å². The molecule has 1 unspecified atom stereocenters. The van der Waals surface area contributed by atoms with Crippen LogP contribution in [-0.2, 0) is 13.0 Å². The zero-order chi connectivity index (χ0) is 13.1. The van der Waals surface area contributed by atoms with Gasteiger partial charge in [-0.1, -0.05) is 20.8 Å². The average molecular weight is 246 g/mol. The second kappa shape index (κ2) is 5.48. The number of imidazole rings is 1. The lowest BCUT2D eigenvalue weighted by Gasteiger charge is -2.16. The maximum Gasteiger partial charge on any atom is 0.159 e. The summed E-state index contributed by atoms with van der Waals surface area (Å²) in [6, 6.07) is 4.09. The van der Waals surface area contributed by atoms with E-state index in [1.54, 1.807) is 0 Å². The van der Waals surface area contributed by atoms with Crippen LogP contribution < -0.4 is 5.73 Å². The molecule has 0 amide bonds. The standard InChI is InChI=1S/C14H22N4/c1-4-8-18-13(9-11(15)10(2)3)17-12-6-5-7-16-14(12)18/h5-7,10-11H,4,8-9,15H2,1-3H3. The van der Waals surface area contributed by atoms with Crippen LogP contribution in [0.2, 0.25) is 0 Å². The molecule has 2 aromatic heterocycles. The SMILES string of the molecule is CCCn1c(CC(N)C(C)C)nc2cccnc21. The molecule has 0 aliphatic heterocycles. The molecular formula is C14H22N4. The zero-order valence-corrected chi connectivity index (χ0v) is 11.4. The molecule has 2 heterocycles. The van der Waals surface area contributed by atoms with E-state index in [2.05, 4.69) is 35.3 Å². The molecule has 0 spiro atoms. The van der Waals surface area contributed by atoms with Crippen molar-refractivity contribution in [2.75, 3.05) is 0 Å². The minimum absolute atomic E-state index is 0.150. The monoisotopic (exact) mass is 246 g/mol. The Morgan fingerprint density at radius 2 is 2.17 bits per heavy atom. The fourth-order valence-corrected chi connectivity index (χ4v) is 2.07. The fraction of sp³-hybridized carbons (Fsp3) is 0.571. The highest BCUT2D eigenvalue weighted by Crippen LogP contribution is 2.16. The number of fused-ring (bicyclic) bond motifs is 1. The zero-order valence-electron chi connectivity index (χ0n) is 11.4.